The third kappa shape index (κ3) is 5.04. The van der Waals surface area contributed by atoms with E-state index < -0.39 is 0 Å². The van der Waals surface area contributed by atoms with E-state index in [4.69, 9.17) is 0 Å². The summed E-state index contributed by atoms with van der Waals surface area (Å²) in [6.07, 6.45) is 9.24. The Morgan fingerprint density at radius 1 is 1.30 bits per heavy atom. The van der Waals surface area contributed by atoms with Crippen molar-refractivity contribution in [2.24, 2.45) is 0 Å². The number of carbonyl (C=O) groups excluding carboxylic acids is 1. The summed E-state index contributed by atoms with van der Waals surface area (Å²) >= 11 is 1.39. The second-order valence-electron chi connectivity index (χ2n) is 5.17. The molecule has 0 N–H and O–H groups in total. The predicted molar refractivity (Wildman–Crippen MR) is 89.3 cm³/mol. The van der Waals surface area contributed by atoms with E-state index in [9.17, 15) is 4.79 Å². The van der Waals surface area contributed by atoms with Crippen LogP contribution in [0.1, 0.15) is 38.2 Å². The highest BCUT2D eigenvalue weighted by atomic mass is 32.2. The Labute approximate surface area is 126 Å². The molecule has 0 amide bonds. The summed E-state index contributed by atoms with van der Waals surface area (Å²) in [5.74, 6) is 0.873. The predicted octanol–water partition coefficient (Wildman–Crippen LogP) is 4.36. The highest BCUT2D eigenvalue weighted by Crippen LogP contribution is 2.21. The first-order valence-corrected chi connectivity index (χ1v) is 8.39. The molecule has 108 valence electrons. The number of hydrogen-bond donors (Lipinski definition) is 0. The second kappa shape index (κ2) is 8.15. The van der Waals surface area contributed by atoms with Crippen molar-refractivity contribution in [1.82, 2.24) is 0 Å². The molecule has 0 aromatic heterocycles. The lowest BCUT2D eigenvalue weighted by atomic mass is 10.1. The van der Waals surface area contributed by atoms with E-state index in [0.717, 1.165) is 12.2 Å². The molecule has 0 saturated carbocycles. The van der Waals surface area contributed by atoms with Gasteiger partial charge in [0.2, 0.25) is 0 Å². The molecule has 2 rings (SSSR count). The standard InChI is InChI=1S/C17H23NOS/c1-15(19)20-13-6-3-8-16-9-7-10-17(14-16)18-11-4-2-5-12-18/h3,7-10,14H,2,4-6,11-13H2,1H3. The Kier molecular flexibility index (Phi) is 6.19. The van der Waals surface area contributed by atoms with Crippen LogP contribution in [0.3, 0.4) is 0 Å². The van der Waals surface area contributed by atoms with Gasteiger partial charge in [-0.05, 0) is 43.4 Å². The lowest BCUT2D eigenvalue weighted by Crippen LogP contribution is -2.29. The first kappa shape index (κ1) is 15.2. The highest BCUT2D eigenvalue weighted by molar-refractivity contribution is 8.13. The Hall–Kier alpha value is -1.22. The minimum Gasteiger partial charge on any atom is -0.372 e. The molecular weight excluding hydrogens is 266 g/mol. The van der Waals surface area contributed by atoms with Gasteiger partial charge in [-0.25, -0.2) is 0 Å². The minimum absolute atomic E-state index is 0.200. The van der Waals surface area contributed by atoms with Gasteiger partial charge < -0.3 is 4.90 Å². The first-order valence-electron chi connectivity index (χ1n) is 7.40. The van der Waals surface area contributed by atoms with Gasteiger partial charge in [-0.3, -0.25) is 4.79 Å². The van der Waals surface area contributed by atoms with Gasteiger partial charge in [0.05, 0.1) is 0 Å². The molecule has 1 aliphatic rings. The van der Waals surface area contributed by atoms with Gasteiger partial charge in [-0.15, -0.1) is 0 Å². The third-order valence-electron chi connectivity index (χ3n) is 3.49. The van der Waals surface area contributed by atoms with Crippen molar-refractivity contribution in [3.05, 3.63) is 35.9 Å². The van der Waals surface area contributed by atoms with Crippen LogP contribution in [0, 0.1) is 0 Å². The van der Waals surface area contributed by atoms with E-state index in [0.29, 0.717) is 0 Å². The fourth-order valence-electron chi connectivity index (χ4n) is 2.47. The maximum atomic E-state index is 10.8. The summed E-state index contributed by atoms with van der Waals surface area (Å²) in [5.41, 5.74) is 2.59. The van der Waals surface area contributed by atoms with Gasteiger partial charge in [0, 0.05) is 31.5 Å². The van der Waals surface area contributed by atoms with Crippen molar-refractivity contribution in [3.8, 4) is 0 Å². The highest BCUT2D eigenvalue weighted by Gasteiger charge is 2.10. The zero-order valence-electron chi connectivity index (χ0n) is 12.2. The smallest absolute Gasteiger partial charge is 0.185 e. The van der Waals surface area contributed by atoms with Crippen LogP contribution < -0.4 is 4.90 Å². The Morgan fingerprint density at radius 3 is 2.85 bits per heavy atom. The normalized spacial score (nSPS) is 15.8. The Morgan fingerprint density at radius 2 is 2.10 bits per heavy atom. The zero-order valence-corrected chi connectivity index (χ0v) is 13.0. The summed E-state index contributed by atoms with van der Waals surface area (Å²) in [5, 5.41) is 0.200. The van der Waals surface area contributed by atoms with Crippen molar-refractivity contribution in [3.63, 3.8) is 0 Å². The number of rotatable bonds is 5. The molecule has 1 saturated heterocycles. The molecule has 0 spiro atoms. The fourth-order valence-corrected chi connectivity index (χ4v) is 3.01. The van der Waals surface area contributed by atoms with E-state index in [1.54, 1.807) is 6.92 Å². The quantitative estimate of drug-likeness (QED) is 0.751. The fraction of sp³-hybridized carbons (Fsp3) is 0.471. The van der Waals surface area contributed by atoms with Crippen molar-refractivity contribution in [1.29, 1.82) is 0 Å². The molecule has 0 atom stereocenters. The third-order valence-corrected chi connectivity index (χ3v) is 4.34. The largest absolute Gasteiger partial charge is 0.372 e. The van der Waals surface area contributed by atoms with Crippen LogP contribution in [-0.2, 0) is 4.79 Å². The Balaban J connectivity index is 1.88. The van der Waals surface area contributed by atoms with E-state index in [2.05, 4.69) is 41.3 Å². The van der Waals surface area contributed by atoms with Gasteiger partial charge in [0.1, 0.15) is 0 Å². The summed E-state index contributed by atoms with van der Waals surface area (Å²) < 4.78 is 0. The molecule has 0 unspecified atom stereocenters. The molecule has 0 aliphatic carbocycles. The van der Waals surface area contributed by atoms with Gasteiger partial charge >= 0.3 is 0 Å². The van der Waals surface area contributed by atoms with Crippen LogP contribution in [0.4, 0.5) is 5.69 Å². The molecule has 2 nitrogen and oxygen atoms in total. The van der Waals surface area contributed by atoms with Crippen LogP contribution in [-0.4, -0.2) is 24.0 Å². The van der Waals surface area contributed by atoms with Crippen LogP contribution >= 0.6 is 11.8 Å². The van der Waals surface area contributed by atoms with Crippen molar-refractivity contribution >= 4 is 28.6 Å². The minimum atomic E-state index is 0.200. The van der Waals surface area contributed by atoms with Crippen molar-refractivity contribution in [2.75, 3.05) is 23.7 Å². The van der Waals surface area contributed by atoms with E-state index in [1.807, 2.05) is 0 Å². The van der Waals surface area contributed by atoms with Crippen LogP contribution in [0.25, 0.3) is 6.08 Å². The van der Waals surface area contributed by atoms with E-state index in [1.165, 1.54) is 55.4 Å². The van der Waals surface area contributed by atoms with Gasteiger partial charge in [0.25, 0.3) is 0 Å². The Bertz CT molecular complexity index is 464. The number of carbonyl (C=O) groups is 1. The summed E-state index contributed by atoms with van der Waals surface area (Å²) in [6, 6.07) is 8.74. The van der Waals surface area contributed by atoms with Crippen molar-refractivity contribution < 1.29 is 4.79 Å². The number of piperidine rings is 1. The molecule has 1 heterocycles. The maximum absolute atomic E-state index is 10.8. The molecule has 1 aromatic carbocycles. The van der Waals surface area contributed by atoms with Crippen LogP contribution in [0.2, 0.25) is 0 Å². The number of thioether (sulfide) groups is 1. The van der Waals surface area contributed by atoms with E-state index in [-0.39, 0.29) is 5.12 Å². The first-order chi connectivity index (χ1) is 9.75. The maximum Gasteiger partial charge on any atom is 0.185 e. The van der Waals surface area contributed by atoms with Crippen LogP contribution in [0.5, 0.6) is 0 Å². The molecule has 0 radical (unpaired) electrons. The van der Waals surface area contributed by atoms with Gasteiger partial charge in [-0.2, -0.15) is 0 Å². The molecule has 3 heteroatoms. The topological polar surface area (TPSA) is 20.3 Å². The lowest BCUT2D eigenvalue weighted by Gasteiger charge is -2.29. The van der Waals surface area contributed by atoms with E-state index >= 15 is 0 Å². The van der Waals surface area contributed by atoms with Gasteiger partial charge in [-0.1, -0.05) is 36.0 Å². The average molecular weight is 289 g/mol. The summed E-state index contributed by atoms with van der Waals surface area (Å²) in [4.78, 5) is 13.3. The average Bonchev–Trinajstić information content (AvgIpc) is 2.48. The number of hydrogen-bond acceptors (Lipinski definition) is 3. The van der Waals surface area contributed by atoms with Crippen molar-refractivity contribution in [2.45, 2.75) is 32.6 Å². The molecule has 1 aromatic rings. The monoisotopic (exact) mass is 289 g/mol. The molecule has 1 aliphatic heterocycles. The molecule has 20 heavy (non-hydrogen) atoms. The van der Waals surface area contributed by atoms with Gasteiger partial charge in [0.15, 0.2) is 5.12 Å². The zero-order chi connectivity index (χ0) is 14.2. The second-order valence-corrected chi connectivity index (χ2v) is 6.45. The molecule has 0 bridgehead atoms. The number of anilines is 1. The number of allylic oxidation sites excluding steroid dienone is 1. The SMILES string of the molecule is CC(=O)SCCC=Cc1cccc(N2CCCCC2)c1. The molecule has 1 fully saturated rings. The number of benzene rings is 1. The number of nitrogens with zero attached hydrogens (tertiary/aromatic N) is 1. The summed E-state index contributed by atoms with van der Waals surface area (Å²) in [7, 11) is 0. The molecular formula is C17H23NOS. The van der Waals surface area contributed by atoms with Crippen LogP contribution in [0.15, 0.2) is 30.3 Å². The summed E-state index contributed by atoms with van der Waals surface area (Å²) in [6.45, 7) is 3.99. The lowest BCUT2D eigenvalue weighted by molar-refractivity contribution is -0.109.